The minimum absolute atomic E-state index is 0.0162. The maximum Gasteiger partial charge on any atom is 0.308 e. The van der Waals surface area contributed by atoms with E-state index in [0.717, 1.165) is 44.1 Å². The minimum Gasteiger partial charge on any atom is -0.457 e. The predicted octanol–water partition coefficient (Wildman–Crippen LogP) is 4.70. The summed E-state index contributed by atoms with van der Waals surface area (Å²) >= 11 is 0. The Hall–Kier alpha value is -1.83. The number of ketones is 2. The minimum atomic E-state index is -1.25. The van der Waals surface area contributed by atoms with Crippen molar-refractivity contribution in [2.75, 3.05) is 6.61 Å². The Morgan fingerprint density at radius 1 is 1.15 bits per heavy atom. The van der Waals surface area contributed by atoms with Crippen LogP contribution in [0.4, 0.5) is 0 Å². The summed E-state index contributed by atoms with van der Waals surface area (Å²) in [5.74, 6) is -0.471. The first-order valence-electron chi connectivity index (χ1n) is 15.2. The molecule has 0 aromatic rings. The van der Waals surface area contributed by atoms with Crippen molar-refractivity contribution in [3.05, 3.63) is 23.8 Å². The first kappa shape index (κ1) is 27.3. The fourth-order valence-corrected chi connectivity index (χ4v) is 9.62. The summed E-state index contributed by atoms with van der Waals surface area (Å²) in [7, 11) is 0. The molecule has 7 nitrogen and oxygen atoms in total. The third kappa shape index (κ3) is 3.97. The molecular formula is C32H44O7. The smallest absolute Gasteiger partial charge is 0.308 e. The van der Waals surface area contributed by atoms with Crippen molar-refractivity contribution in [1.82, 2.24) is 0 Å². The van der Waals surface area contributed by atoms with E-state index in [1.54, 1.807) is 26.0 Å². The summed E-state index contributed by atoms with van der Waals surface area (Å²) in [5.41, 5.74) is -1.19. The molecule has 1 aliphatic heterocycles. The van der Waals surface area contributed by atoms with Crippen LogP contribution >= 0.6 is 0 Å². The van der Waals surface area contributed by atoms with E-state index in [9.17, 15) is 19.5 Å². The molecule has 0 aromatic heterocycles. The molecule has 1 saturated heterocycles. The Labute approximate surface area is 231 Å². The van der Waals surface area contributed by atoms with Gasteiger partial charge < -0.3 is 19.3 Å². The molecule has 5 fully saturated rings. The number of carbonyl (C=O) groups excluding carboxylic acids is 3. The summed E-state index contributed by atoms with van der Waals surface area (Å²) in [6, 6.07) is 0. The van der Waals surface area contributed by atoms with Gasteiger partial charge in [0.25, 0.3) is 0 Å². The molecule has 6 rings (SSSR count). The van der Waals surface area contributed by atoms with Crippen LogP contribution in [-0.4, -0.2) is 53.3 Å². The van der Waals surface area contributed by atoms with Gasteiger partial charge in [0.15, 0.2) is 24.3 Å². The molecule has 0 bridgehead atoms. The molecule has 1 heterocycles. The van der Waals surface area contributed by atoms with Crippen LogP contribution in [0.25, 0.3) is 0 Å². The SMILES string of the molecule is CC(C)C(=O)OCC(=O)[C@@]12OC(C3CCCCC3)OC1C[C@H]1[C@@H]3CCC4=CC(=O)C=C[C@]4(C)[C@H]3C(O)C[C@@]12C. The van der Waals surface area contributed by atoms with Crippen molar-refractivity contribution in [2.45, 2.75) is 110 Å². The van der Waals surface area contributed by atoms with Gasteiger partial charge >= 0.3 is 5.97 Å². The number of rotatable bonds is 5. The van der Waals surface area contributed by atoms with Crippen LogP contribution in [0.3, 0.4) is 0 Å². The lowest BCUT2D eigenvalue weighted by molar-refractivity contribution is -0.210. The highest BCUT2D eigenvalue weighted by molar-refractivity contribution is 6.01. The topological polar surface area (TPSA) is 99.1 Å². The monoisotopic (exact) mass is 540 g/mol. The highest BCUT2D eigenvalue weighted by Gasteiger charge is 2.76. The van der Waals surface area contributed by atoms with Gasteiger partial charge in [-0.15, -0.1) is 0 Å². The van der Waals surface area contributed by atoms with Gasteiger partial charge in [0.2, 0.25) is 5.78 Å². The lowest BCUT2D eigenvalue weighted by atomic mass is 9.46. The number of ether oxygens (including phenoxy) is 3. The van der Waals surface area contributed by atoms with E-state index in [2.05, 4.69) is 13.8 Å². The molecule has 39 heavy (non-hydrogen) atoms. The van der Waals surface area contributed by atoms with Crippen molar-refractivity contribution in [2.24, 2.45) is 40.4 Å². The van der Waals surface area contributed by atoms with Crippen molar-refractivity contribution in [3.63, 3.8) is 0 Å². The molecule has 1 N–H and O–H groups in total. The lowest BCUT2D eigenvalue weighted by Gasteiger charge is -2.59. The number of esters is 1. The third-order valence-electron chi connectivity index (χ3n) is 11.5. The molecule has 5 aliphatic carbocycles. The summed E-state index contributed by atoms with van der Waals surface area (Å²) in [6.45, 7) is 7.44. The van der Waals surface area contributed by atoms with E-state index < -0.39 is 35.5 Å². The van der Waals surface area contributed by atoms with Gasteiger partial charge in [0, 0.05) is 22.7 Å². The first-order valence-corrected chi connectivity index (χ1v) is 15.2. The van der Waals surface area contributed by atoms with Crippen LogP contribution in [0, 0.1) is 40.4 Å². The van der Waals surface area contributed by atoms with Gasteiger partial charge in [0.05, 0.1) is 18.1 Å². The number of allylic oxidation sites excluding steroid dienone is 4. The van der Waals surface area contributed by atoms with Gasteiger partial charge in [-0.1, -0.05) is 58.6 Å². The predicted molar refractivity (Wildman–Crippen MR) is 143 cm³/mol. The first-order chi connectivity index (χ1) is 18.5. The Morgan fingerprint density at radius 3 is 2.62 bits per heavy atom. The van der Waals surface area contributed by atoms with E-state index in [1.165, 1.54) is 6.42 Å². The number of aliphatic hydroxyl groups excluding tert-OH is 1. The maximum absolute atomic E-state index is 14.2. The highest BCUT2D eigenvalue weighted by atomic mass is 16.7. The Bertz CT molecular complexity index is 1100. The Kier molecular flexibility index (Phi) is 6.75. The number of aliphatic hydroxyl groups is 1. The summed E-state index contributed by atoms with van der Waals surface area (Å²) < 4.78 is 19.0. The second-order valence-electron chi connectivity index (χ2n) is 13.9. The van der Waals surface area contributed by atoms with Crippen molar-refractivity contribution in [3.8, 4) is 0 Å². The van der Waals surface area contributed by atoms with Crippen molar-refractivity contribution in [1.29, 1.82) is 0 Å². The van der Waals surface area contributed by atoms with E-state index in [1.807, 2.05) is 6.08 Å². The summed E-state index contributed by atoms with van der Waals surface area (Å²) in [6.07, 6.45) is 12.2. The highest BCUT2D eigenvalue weighted by Crippen LogP contribution is 2.70. The zero-order valence-electron chi connectivity index (χ0n) is 23.8. The molecule has 0 amide bonds. The largest absolute Gasteiger partial charge is 0.457 e. The lowest BCUT2D eigenvalue weighted by Crippen LogP contribution is -2.63. The molecule has 214 valence electrons. The third-order valence-corrected chi connectivity index (χ3v) is 11.5. The van der Waals surface area contributed by atoms with Crippen molar-refractivity contribution >= 4 is 17.5 Å². The average Bonchev–Trinajstić information content (AvgIpc) is 3.41. The molecule has 0 radical (unpaired) electrons. The Balaban J connectivity index is 1.35. The zero-order chi connectivity index (χ0) is 27.7. The van der Waals surface area contributed by atoms with Crippen LogP contribution in [-0.2, 0) is 28.6 Å². The normalized spacial score (nSPS) is 45.3. The van der Waals surface area contributed by atoms with Gasteiger partial charge in [-0.2, -0.15) is 0 Å². The standard InChI is InChI=1S/C32H44O7/c1-18(2)28(36)37-17-25(35)32-26(38-29(39-32)19-8-6-5-7-9-19)15-23-22-11-10-20-14-21(33)12-13-30(20,3)27(22)24(34)16-31(23,32)4/h12-14,18-19,22-24,26-27,29,34H,5-11,15-17H2,1-4H3/t22-,23-,24?,26?,27+,29?,30-,31-,32+/m0/s1. The van der Waals surface area contributed by atoms with Gasteiger partial charge in [-0.3, -0.25) is 14.4 Å². The molecular weight excluding hydrogens is 496 g/mol. The number of hydrogen-bond acceptors (Lipinski definition) is 7. The van der Waals surface area contributed by atoms with E-state index in [4.69, 9.17) is 14.2 Å². The molecule has 6 aliphatic rings. The number of carbonyl (C=O) groups is 3. The summed E-state index contributed by atoms with van der Waals surface area (Å²) in [4.78, 5) is 38.7. The van der Waals surface area contributed by atoms with Gasteiger partial charge in [-0.25, -0.2) is 0 Å². The zero-order valence-corrected chi connectivity index (χ0v) is 23.8. The van der Waals surface area contributed by atoms with Crippen LogP contribution in [0.5, 0.6) is 0 Å². The second-order valence-corrected chi connectivity index (χ2v) is 13.9. The van der Waals surface area contributed by atoms with E-state index in [0.29, 0.717) is 12.8 Å². The second kappa shape index (κ2) is 9.63. The molecule has 0 aromatic carbocycles. The van der Waals surface area contributed by atoms with Gasteiger partial charge in [-0.05, 0) is 62.5 Å². The van der Waals surface area contributed by atoms with Gasteiger partial charge in [0.1, 0.15) is 0 Å². The maximum atomic E-state index is 14.2. The van der Waals surface area contributed by atoms with Crippen LogP contribution < -0.4 is 0 Å². The quantitative estimate of drug-likeness (QED) is 0.505. The molecule has 4 saturated carbocycles. The Morgan fingerprint density at radius 2 is 1.90 bits per heavy atom. The molecule has 3 unspecified atom stereocenters. The van der Waals surface area contributed by atoms with Crippen molar-refractivity contribution < 1.29 is 33.7 Å². The van der Waals surface area contributed by atoms with Crippen LogP contribution in [0.2, 0.25) is 0 Å². The van der Waals surface area contributed by atoms with Crippen LogP contribution in [0.1, 0.15) is 85.5 Å². The fraction of sp³-hybridized carbons (Fsp3) is 0.781. The molecule has 9 atom stereocenters. The van der Waals surface area contributed by atoms with E-state index >= 15 is 0 Å². The van der Waals surface area contributed by atoms with Crippen LogP contribution in [0.15, 0.2) is 23.8 Å². The van der Waals surface area contributed by atoms with E-state index in [-0.39, 0.29) is 53.2 Å². The number of hydrogen-bond donors (Lipinski definition) is 1. The molecule has 0 spiro atoms. The average molecular weight is 541 g/mol. The molecule has 7 heteroatoms. The number of Topliss-reactive ketones (excluding diaryl/α,β-unsaturated/α-hetero) is 1. The number of fused-ring (bicyclic) bond motifs is 7. The summed E-state index contributed by atoms with van der Waals surface area (Å²) in [5, 5.41) is 11.9. The fourth-order valence-electron chi connectivity index (χ4n) is 9.62.